The minimum absolute atomic E-state index is 0.300. The summed E-state index contributed by atoms with van der Waals surface area (Å²) in [5.74, 6) is -4.88. The monoisotopic (exact) mass is 351 g/mol. The van der Waals surface area contributed by atoms with Crippen LogP contribution in [0, 0.1) is 5.92 Å². The number of ketones is 2. The summed E-state index contributed by atoms with van der Waals surface area (Å²) >= 11 is 0. The molecular formula is C20H17NO5. The Bertz CT molecular complexity index is 905. The zero-order chi connectivity index (χ0) is 18.9. The third kappa shape index (κ3) is 2.69. The van der Waals surface area contributed by atoms with Crippen LogP contribution in [0.2, 0.25) is 0 Å². The summed E-state index contributed by atoms with van der Waals surface area (Å²) < 4.78 is 0. The highest BCUT2D eigenvalue weighted by Gasteiger charge is 2.52. The van der Waals surface area contributed by atoms with Gasteiger partial charge in [-0.3, -0.25) is 19.2 Å². The van der Waals surface area contributed by atoms with Crippen molar-refractivity contribution < 1.29 is 24.3 Å². The zero-order valence-electron chi connectivity index (χ0n) is 14.1. The third-order valence-electron chi connectivity index (χ3n) is 4.78. The molecule has 3 rings (SSSR count). The Morgan fingerprint density at radius 3 is 2.31 bits per heavy atom. The third-order valence-corrected chi connectivity index (χ3v) is 4.78. The number of hydrogen-bond donors (Lipinski definition) is 2. The predicted octanol–water partition coefficient (Wildman–Crippen LogP) is 1.57. The molecule has 0 aliphatic heterocycles. The van der Waals surface area contributed by atoms with E-state index in [-0.39, 0.29) is 0 Å². The second-order valence-corrected chi connectivity index (χ2v) is 6.31. The van der Waals surface area contributed by atoms with Gasteiger partial charge in [-0.15, -0.1) is 0 Å². The first-order valence-corrected chi connectivity index (χ1v) is 8.10. The lowest BCUT2D eigenvalue weighted by Crippen LogP contribution is -2.53. The van der Waals surface area contributed by atoms with Crippen LogP contribution >= 0.6 is 0 Å². The number of amides is 1. The Morgan fingerprint density at radius 2 is 1.65 bits per heavy atom. The maximum Gasteiger partial charge on any atom is 0.322 e. The van der Waals surface area contributed by atoms with Gasteiger partial charge in [-0.1, -0.05) is 54.6 Å². The number of rotatable bonds is 4. The molecule has 6 heteroatoms. The molecule has 1 amide bonds. The Hall–Kier alpha value is -3.28. The molecule has 0 radical (unpaired) electrons. The van der Waals surface area contributed by atoms with Crippen LogP contribution in [0.1, 0.15) is 28.4 Å². The normalized spacial score (nSPS) is 21.8. The Balaban J connectivity index is 2.15. The Labute approximate surface area is 149 Å². The molecule has 0 bridgehead atoms. The standard InChI is InChI=1S/C20H17NO5/c1-20(12-7-3-2-4-8-12)14-10-6-5-9-13(14)17(24)16(18(20)25)19(26)21-11-15(22)23/h2-10,16H,11H2,1H3,(H,21,26)(H,22,23)/t16?,20-/m0/s1. The van der Waals surface area contributed by atoms with Crippen molar-refractivity contribution in [3.05, 3.63) is 71.3 Å². The second kappa shape index (κ2) is 6.55. The summed E-state index contributed by atoms with van der Waals surface area (Å²) in [5, 5.41) is 10.9. The molecule has 1 aliphatic carbocycles. The molecule has 2 N–H and O–H groups in total. The van der Waals surface area contributed by atoms with E-state index in [1.807, 2.05) is 6.07 Å². The summed E-state index contributed by atoms with van der Waals surface area (Å²) in [6.07, 6.45) is 0. The molecular weight excluding hydrogens is 334 g/mol. The van der Waals surface area contributed by atoms with Gasteiger partial charge in [-0.2, -0.15) is 0 Å². The SMILES string of the molecule is C[C@@]1(c2ccccc2)C(=O)C(C(=O)NCC(=O)O)C(=O)c2ccccc21. The van der Waals surface area contributed by atoms with Gasteiger partial charge in [0.15, 0.2) is 17.5 Å². The van der Waals surface area contributed by atoms with Crippen molar-refractivity contribution in [3.63, 3.8) is 0 Å². The highest BCUT2D eigenvalue weighted by atomic mass is 16.4. The van der Waals surface area contributed by atoms with Crippen LogP contribution in [0.15, 0.2) is 54.6 Å². The van der Waals surface area contributed by atoms with Gasteiger partial charge in [-0.05, 0) is 18.1 Å². The van der Waals surface area contributed by atoms with E-state index in [2.05, 4.69) is 5.32 Å². The van der Waals surface area contributed by atoms with Crippen molar-refractivity contribution >= 4 is 23.4 Å². The van der Waals surface area contributed by atoms with E-state index in [4.69, 9.17) is 5.11 Å². The average Bonchev–Trinajstić information content (AvgIpc) is 2.65. The van der Waals surface area contributed by atoms with Crippen molar-refractivity contribution in [2.24, 2.45) is 5.92 Å². The lowest BCUT2D eigenvalue weighted by Gasteiger charge is -2.37. The molecule has 0 fully saturated rings. The fourth-order valence-corrected chi connectivity index (χ4v) is 3.40. The number of benzene rings is 2. The highest BCUT2D eigenvalue weighted by molar-refractivity contribution is 6.29. The number of nitrogens with one attached hydrogen (secondary N) is 1. The molecule has 2 atom stereocenters. The van der Waals surface area contributed by atoms with E-state index in [0.29, 0.717) is 16.7 Å². The van der Waals surface area contributed by atoms with Crippen LogP contribution < -0.4 is 5.32 Å². The van der Waals surface area contributed by atoms with Gasteiger partial charge in [0.05, 0.1) is 5.41 Å². The number of Topliss-reactive ketones (excluding diaryl/α,β-unsaturated/α-hetero) is 2. The largest absolute Gasteiger partial charge is 0.480 e. The van der Waals surface area contributed by atoms with Crippen LogP contribution in [-0.2, 0) is 19.8 Å². The van der Waals surface area contributed by atoms with Crippen LogP contribution in [-0.4, -0.2) is 35.1 Å². The van der Waals surface area contributed by atoms with Crippen LogP contribution in [0.5, 0.6) is 0 Å². The number of carboxylic acids is 1. The van der Waals surface area contributed by atoms with Crippen LogP contribution in [0.4, 0.5) is 0 Å². The topological polar surface area (TPSA) is 101 Å². The maximum atomic E-state index is 13.3. The van der Waals surface area contributed by atoms with Crippen molar-refractivity contribution in [1.82, 2.24) is 5.32 Å². The molecule has 1 aliphatic rings. The summed E-state index contributed by atoms with van der Waals surface area (Å²) in [6, 6.07) is 15.6. The van der Waals surface area contributed by atoms with Crippen LogP contribution in [0.25, 0.3) is 0 Å². The Morgan fingerprint density at radius 1 is 1.04 bits per heavy atom. The predicted molar refractivity (Wildman–Crippen MR) is 92.8 cm³/mol. The fourth-order valence-electron chi connectivity index (χ4n) is 3.40. The fraction of sp³-hybridized carbons (Fsp3) is 0.200. The smallest absolute Gasteiger partial charge is 0.322 e. The molecule has 6 nitrogen and oxygen atoms in total. The minimum atomic E-state index is -1.57. The van der Waals surface area contributed by atoms with E-state index in [1.165, 1.54) is 0 Å². The molecule has 1 unspecified atom stereocenters. The quantitative estimate of drug-likeness (QED) is 0.815. The number of carbonyl (C=O) groups excluding carboxylic acids is 3. The van der Waals surface area contributed by atoms with Gasteiger partial charge < -0.3 is 10.4 Å². The number of carboxylic acid groups (broad SMARTS) is 1. The highest BCUT2D eigenvalue weighted by Crippen LogP contribution is 2.42. The average molecular weight is 351 g/mol. The first-order chi connectivity index (χ1) is 12.4. The number of carbonyl (C=O) groups is 4. The van der Waals surface area contributed by atoms with E-state index in [9.17, 15) is 19.2 Å². The van der Waals surface area contributed by atoms with Gasteiger partial charge in [0.2, 0.25) is 5.91 Å². The lowest BCUT2D eigenvalue weighted by atomic mass is 9.62. The molecule has 0 spiro atoms. The molecule has 0 heterocycles. The second-order valence-electron chi connectivity index (χ2n) is 6.31. The first kappa shape index (κ1) is 17.5. The number of aliphatic carboxylic acids is 1. The molecule has 0 saturated heterocycles. The van der Waals surface area contributed by atoms with E-state index >= 15 is 0 Å². The number of hydrogen-bond acceptors (Lipinski definition) is 4. The molecule has 0 saturated carbocycles. The summed E-state index contributed by atoms with van der Waals surface area (Å²) in [7, 11) is 0. The van der Waals surface area contributed by atoms with E-state index in [1.54, 1.807) is 55.5 Å². The van der Waals surface area contributed by atoms with Crippen molar-refractivity contribution in [2.75, 3.05) is 6.54 Å². The first-order valence-electron chi connectivity index (χ1n) is 8.10. The molecule has 132 valence electrons. The van der Waals surface area contributed by atoms with Crippen molar-refractivity contribution in [3.8, 4) is 0 Å². The van der Waals surface area contributed by atoms with Crippen molar-refractivity contribution in [2.45, 2.75) is 12.3 Å². The molecule has 0 aromatic heterocycles. The van der Waals surface area contributed by atoms with E-state index < -0.39 is 41.3 Å². The molecule has 2 aromatic rings. The number of fused-ring (bicyclic) bond motifs is 1. The van der Waals surface area contributed by atoms with E-state index in [0.717, 1.165) is 0 Å². The summed E-state index contributed by atoms with van der Waals surface area (Å²) in [5.41, 5.74) is 0.329. The Kier molecular flexibility index (Phi) is 4.42. The zero-order valence-corrected chi connectivity index (χ0v) is 14.1. The summed E-state index contributed by atoms with van der Waals surface area (Å²) in [4.78, 5) is 49.2. The van der Waals surface area contributed by atoms with Gasteiger partial charge in [-0.25, -0.2) is 0 Å². The van der Waals surface area contributed by atoms with Gasteiger partial charge >= 0.3 is 5.97 Å². The van der Waals surface area contributed by atoms with Crippen LogP contribution in [0.3, 0.4) is 0 Å². The maximum absolute atomic E-state index is 13.3. The van der Waals surface area contributed by atoms with Gasteiger partial charge in [0.1, 0.15) is 6.54 Å². The van der Waals surface area contributed by atoms with Gasteiger partial charge in [0, 0.05) is 5.56 Å². The summed E-state index contributed by atoms with van der Waals surface area (Å²) in [6.45, 7) is 1.03. The van der Waals surface area contributed by atoms with Crippen molar-refractivity contribution in [1.29, 1.82) is 0 Å². The molecule has 2 aromatic carbocycles. The van der Waals surface area contributed by atoms with Gasteiger partial charge in [0.25, 0.3) is 0 Å². The minimum Gasteiger partial charge on any atom is -0.480 e. The lowest BCUT2D eigenvalue weighted by molar-refractivity contribution is -0.140. The molecule has 26 heavy (non-hydrogen) atoms.